The fraction of sp³-hybridized carbons (Fsp3) is 0.538. The molecule has 0 radical (unpaired) electrons. The maximum atomic E-state index is 14.2. The van der Waals surface area contributed by atoms with Gasteiger partial charge in [-0.15, -0.1) is 11.3 Å². The molecular weight excluding hydrogens is 597 g/mol. The first kappa shape index (κ1) is 30.5. The lowest BCUT2D eigenvalue weighted by molar-refractivity contribution is -0.141. The van der Waals surface area contributed by atoms with Gasteiger partial charge < -0.3 is 35.3 Å². The highest BCUT2D eigenvalue weighted by atomic mass is 32.1. The van der Waals surface area contributed by atoms with E-state index in [0.717, 1.165) is 23.5 Å². The zero-order valence-corrected chi connectivity index (χ0v) is 24.2. The van der Waals surface area contributed by atoms with Crippen LogP contribution >= 0.6 is 18.9 Å². The highest BCUT2D eigenvalue weighted by Crippen LogP contribution is 2.59. The molecule has 1 aromatic heterocycles. The van der Waals surface area contributed by atoms with E-state index in [1.165, 1.54) is 28.9 Å². The maximum absolute atomic E-state index is 14.2. The van der Waals surface area contributed by atoms with Crippen molar-refractivity contribution in [1.29, 1.82) is 0 Å². The number of halogens is 2. The minimum absolute atomic E-state index is 0.107. The van der Waals surface area contributed by atoms with Gasteiger partial charge in [0.05, 0.1) is 17.0 Å². The molecule has 5 N–H and O–H groups in total. The molecule has 2 aromatic rings. The number of hydrogen-bond acceptors (Lipinski definition) is 7. The van der Waals surface area contributed by atoms with Gasteiger partial charge in [0.25, 0.3) is 5.91 Å². The van der Waals surface area contributed by atoms with Gasteiger partial charge in [-0.05, 0) is 55.7 Å². The second-order valence-corrected chi connectivity index (χ2v) is 13.7. The molecule has 4 amide bonds. The highest BCUT2D eigenvalue weighted by Gasteiger charge is 2.50. The monoisotopic (exact) mass is 628 g/mol. The lowest BCUT2D eigenvalue weighted by atomic mass is 10.1. The molecule has 3 saturated heterocycles. The normalized spacial score (nSPS) is 26.7. The molecule has 42 heavy (non-hydrogen) atoms. The number of aliphatic hydroxyl groups excluding tert-OH is 1. The fourth-order valence-corrected chi connectivity index (χ4v) is 7.38. The van der Waals surface area contributed by atoms with Crippen molar-refractivity contribution >= 4 is 52.6 Å². The first-order chi connectivity index (χ1) is 19.7. The van der Waals surface area contributed by atoms with Gasteiger partial charge in [-0.2, -0.15) is 8.78 Å². The molecule has 1 aromatic carbocycles. The third-order valence-electron chi connectivity index (χ3n) is 8.21. The lowest BCUT2D eigenvalue weighted by Crippen LogP contribution is -2.56. The number of carbonyl (C=O) groups excluding carboxylic acids is 4. The summed E-state index contributed by atoms with van der Waals surface area (Å²) in [5.41, 5.74) is -5.27. The van der Waals surface area contributed by atoms with Crippen LogP contribution in [0, 0.1) is 0 Å². The van der Waals surface area contributed by atoms with Gasteiger partial charge in [0.15, 0.2) is 0 Å². The van der Waals surface area contributed by atoms with Crippen molar-refractivity contribution in [1.82, 2.24) is 20.4 Å². The van der Waals surface area contributed by atoms with Crippen molar-refractivity contribution < 1.29 is 47.4 Å². The van der Waals surface area contributed by atoms with E-state index in [2.05, 4.69) is 10.6 Å². The average molecular weight is 629 g/mol. The number of rotatable bonds is 6. The molecule has 0 aliphatic carbocycles. The summed E-state index contributed by atoms with van der Waals surface area (Å²) in [5.74, 6) is -1.67. The third-order valence-corrected chi connectivity index (χ3v) is 10.3. The number of amides is 4. The molecule has 3 fully saturated rings. The topological polar surface area (TPSA) is 177 Å². The maximum Gasteiger partial charge on any atom is 0.399 e. The van der Waals surface area contributed by atoms with E-state index in [4.69, 9.17) is 9.79 Å². The molecule has 0 saturated carbocycles. The molecule has 0 unspecified atom stereocenters. The van der Waals surface area contributed by atoms with Gasteiger partial charge >= 0.3 is 13.3 Å². The Labute approximate surface area is 243 Å². The second-order valence-electron chi connectivity index (χ2n) is 11.0. The summed E-state index contributed by atoms with van der Waals surface area (Å²) in [6.45, 7) is 1.65. The number of benzene rings is 1. The average Bonchev–Trinajstić information content (AvgIpc) is 3.61. The SMILES string of the molecule is CC(=O)N1C[C@H](NC(=O)[C@@H]2CC[C@@H]3CCC[C@H](NC(=O)c4cc5cc(C(F)(F)P(=O)(O)O)ccc5s4)C(=O)N32)[C@@H](O)C1. The Bertz CT molecular complexity index is 1480. The number of hydrogen-bond donors (Lipinski definition) is 5. The van der Waals surface area contributed by atoms with Crippen molar-refractivity contribution in [3.8, 4) is 0 Å². The first-order valence-electron chi connectivity index (χ1n) is 13.5. The second kappa shape index (κ2) is 11.3. The number of nitrogens with one attached hydrogen (secondary N) is 2. The van der Waals surface area contributed by atoms with Crippen LogP contribution in [0.15, 0.2) is 24.3 Å². The number of fused-ring (bicyclic) bond motifs is 2. The standard InChI is InChI=1S/C26H31F2N4O8PS/c1-13(33)31-11-18(20(34)12-31)30-23(35)19-7-6-16-3-2-4-17(25(37)32(16)19)29-24(36)22-10-14-9-15(5-8-21(14)42-22)26(27,28)41(38,39)40/h5,8-10,16-20,34H,2-4,6-7,11-12H2,1H3,(H,29,36)(H,30,35)(H2,38,39,40)/t16-,17-,18-,19-,20-/m0/s1. The molecular formula is C26H31F2N4O8PS. The van der Waals surface area contributed by atoms with Crippen LogP contribution in [0.3, 0.4) is 0 Å². The van der Waals surface area contributed by atoms with E-state index in [-0.39, 0.29) is 35.3 Å². The van der Waals surface area contributed by atoms with E-state index in [9.17, 15) is 37.6 Å². The zero-order chi connectivity index (χ0) is 30.6. The van der Waals surface area contributed by atoms with Crippen LogP contribution in [-0.2, 0) is 24.6 Å². The van der Waals surface area contributed by atoms with Gasteiger partial charge in [-0.3, -0.25) is 23.7 Å². The van der Waals surface area contributed by atoms with Gasteiger partial charge in [-0.1, -0.05) is 6.07 Å². The summed E-state index contributed by atoms with van der Waals surface area (Å²) >= 11 is 0.980. The van der Waals surface area contributed by atoms with Crippen molar-refractivity contribution in [3.63, 3.8) is 0 Å². The number of likely N-dealkylation sites (tertiary alicyclic amines) is 1. The minimum Gasteiger partial charge on any atom is -0.389 e. The summed E-state index contributed by atoms with van der Waals surface area (Å²) in [6, 6.07) is 1.83. The van der Waals surface area contributed by atoms with Crippen LogP contribution in [0.25, 0.3) is 10.1 Å². The largest absolute Gasteiger partial charge is 0.399 e. The smallest absolute Gasteiger partial charge is 0.389 e. The summed E-state index contributed by atoms with van der Waals surface area (Å²) in [7, 11) is -5.76. The van der Waals surface area contributed by atoms with Crippen molar-refractivity contribution in [2.75, 3.05) is 13.1 Å². The molecule has 3 aliphatic rings. The Morgan fingerprint density at radius 2 is 1.81 bits per heavy atom. The van der Waals surface area contributed by atoms with Crippen LogP contribution in [0.4, 0.5) is 8.78 Å². The van der Waals surface area contributed by atoms with Gasteiger partial charge in [-0.25, -0.2) is 0 Å². The number of thiophene rings is 1. The molecule has 12 nitrogen and oxygen atoms in total. The van der Waals surface area contributed by atoms with Crippen LogP contribution in [0.5, 0.6) is 0 Å². The molecule has 0 bridgehead atoms. The molecule has 4 heterocycles. The first-order valence-corrected chi connectivity index (χ1v) is 15.9. The number of β-amino-alcohol motifs (C(OH)–C–C–N with tert-alkyl or cyclic N) is 1. The Balaban J connectivity index is 1.29. The van der Waals surface area contributed by atoms with Crippen molar-refractivity contribution in [2.45, 2.75) is 75.0 Å². The van der Waals surface area contributed by atoms with E-state index in [1.807, 2.05) is 0 Å². The highest BCUT2D eigenvalue weighted by molar-refractivity contribution is 7.52. The number of nitrogens with zero attached hydrogens (tertiary/aromatic N) is 2. The molecule has 5 rings (SSSR count). The molecule has 16 heteroatoms. The number of alkyl halides is 2. The van der Waals surface area contributed by atoms with E-state index < -0.39 is 60.8 Å². The summed E-state index contributed by atoms with van der Waals surface area (Å²) < 4.78 is 40.1. The number of carbonyl (C=O) groups is 4. The van der Waals surface area contributed by atoms with Crippen molar-refractivity contribution in [3.05, 3.63) is 34.7 Å². The predicted octanol–water partition coefficient (Wildman–Crippen LogP) is 1.48. The Morgan fingerprint density at radius 3 is 2.48 bits per heavy atom. The molecule has 5 atom stereocenters. The van der Waals surface area contributed by atoms with Gasteiger partial charge in [0, 0.05) is 36.3 Å². The summed E-state index contributed by atoms with van der Waals surface area (Å²) in [6.07, 6.45) is 1.70. The Hall–Kier alpha value is -2.97. The number of aliphatic hydroxyl groups is 1. The van der Waals surface area contributed by atoms with Crippen LogP contribution in [0.2, 0.25) is 0 Å². The lowest BCUT2D eigenvalue weighted by Gasteiger charge is -2.31. The van der Waals surface area contributed by atoms with Crippen molar-refractivity contribution in [2.24, 2.45) is 0 Å². The quantitative estimate of drug-likeness (QED) is 0.299. The van der Waals surface area contributed by atoms with Crippen LogP contribution < -0.4 is 10.6 Å². The van der Waals surface area contributed by atoms with Crippen LogP contribution in [0.1, 0.15) is 54.3 Å². The van der Waals surface area contributed by atoms with E-state index in [0.29, 0.717) is 36.8 Å². The van der Waals surface area contributed by atoms with Crippen LogP contribution in [-0.4, -0.2) is 91.7 Å². The van der Waals surface area contributed by atoms with Gasteiger partial charge in [0.2, 0.25) is 17.7 Å². The molecule has 228 valence electrons. The molecule has 3 aliphatic heterocycles. The van der Waals surface area contributed by atoms with Gasteiger partial charge in [0.1, 0.15) is 12.1 Å². The van der Waals surface area contributed by atoms with E-state index >= 15 is 0 Å². The zero-order valence-electron chi connectivity index (χ0n) is 22.5. The summed E-state index contributed by atoms with van der Waals surface area (Å²) in [5, 5.41) is 16.0. The fourth-order valence-electron chi connectivity index (χ4n) is 5.96. The minimum atomic E-state index is -5.76. The van der Waals surface area contributed by atoms with E-state index in [1.54, 1.807) is 0 Å². The Kier molecular flexibility index (Phi) is 8.18. The predicted molar refractivity (Wildman–Crippen MR) is 147 cm³/mol. The summed E-state index contributed by atoms with van der Waals surface area (Å²) in [4.78, 5) is 72.9. The Morgan fingerprint density at radius 1 is 1.07 bits per heavy atom. The third kappa shape index (κ3) is 5.68. The molecule has 0 spiro atoms.